The number of ether oxygens (including phenoxy) is 1. The summed E-state index contributed by atoms with van der Waals surface area (Å²) < 4.78 is 39.4. The third-order valence-electron chi connectivity index (χ3n) is 1.60. The van der Waals surface area contributed by atoms with Gasteiger partial charge in [0.05, 0.1) is 5.88 Å². The molecule has 0 saturated heterocycles. The van der Waals surface area contributed by atoms with Crippen LogP contribution < -0.4 is 4.74 Å². The van der Waals surface area contributed by atoms with Crippen LogP contribution in [0.15, 0.2) is 6.07 Å². The van der Waals surface area contributed by atoms with Crippen molar-refractivity contribution < 1.29 is 32.9 Å². The largest absolute Gasteiger partial charge is 0.574 e. The summed E-state index contributed by atoms with van der Waals surface area (Å²) in [4.78, 5) is 13.6. The molecule has 1 rings (SSSR count). The van der Waals surface area contributed by atoms with Gasteiger partial charge in [-0.05, 0) is 6.07 Å². The molecule has 0 radical (unpaired) electrons. The molecule has 1 heterocycles. The van der Waals surface area contributed by atoms with Crippen LogP contribution in [0.25, 0.3) is 0 Å². The first kappa shape index (κ1) is 13.4. The first-order valence-corrected chi connectivity index (χ1v) is 4.56. The van der Waals surface area contributed by atoms with Crippen molar-refractivity contribution in [3.8, 4) is 11.6 Å². The Kier molecular flexibility index (Phi) is 3.66. The number of carboxylic acids is 1. The number of nitrogens with zero attached hydrogens (tertiary/aromatic N) is 1. The van der Waals surface area contributed by atoms with Crippen LogP contribution >= 0.6 is 11.6 Å². The van der Waals surface area contributed by atoms with Gasteiger partial charge in [0.25, 0.3) is 0 Å². The predicted molar refractivity (Wildman–Crippen MR) is 49.1 cm³/mol. The monoisotopic (exact) mass is 271 g/mol. The Morgan fingerprint density at radius 1 is 1.53 bits per heavy atom. The van der Waals surface area contributed by atoms with Crippen molar-refractivity contribution in [2.45, 2.75) is 12.2 Å². The molecule has 0 amide bonds. The average molecular weight is 272 g/mol. The third kappa shape index (κ3) is 3.38. The van der Waals surface area contributed by atoms with Crippen molar-refractivity contribution in [1.29, 1.82) is 0 Å². The average Bonchev–Trinajstić information content (AvgIpc) is 2.17. The molecule has 0 atom stereocenters. The van der Waals surface area contributed by atoms with Crippen LogP contribution in [0.2, 0.25) is 0 Å². The topological polar surface area (TPSA) is 79.7 Å². The number of hydrogen-bond acceptors (Lipinski definition) is 4. The number of halogens is 4. The number of rotatable bonds is 3. The van der Waals surface area contributed by atoms with E-state index in [1.165, 1.54) is 0 Å². The molecule has 17 heavy (non-hydrogen) atoms. The number of pyridine rings is 1. The van der Waals surface area contributed by atoms with Gasteiger partial charge in [-0.25, -0.2) is 9.78 Å². The van der Waals surface area contributed by atoms with Gasteiger partial charge < -0.3 is 14.9 Å². The van der Waals surface area contributed by atoms with Crippen molar-refractivity contribution >= 4 is 17.6 Å². The van der Waals surface area contributed by atoms with Crippen molar-refractivity contribution in [2.24, 2.45) is 0 Å². The van der Waals surface area contributed by atoms with E-state index >= 15 is 0 Å². The van der Waals surface area contributed by atoms with E-state index < -0.39 is 35.5 Å². The summed E-state index contributed by atoms with van der Waals surface area (Å²) in [7, 11) is 0. The van der Waals surface area contributed by atoms with Gasteiger partial charge in [-0.1, -0.05) is 0 Å². The van der Waals surface area contributed by atoms with Gasteiger partial charge in [-0.2, -0.15) is 0 Å². The number of alkyl halides is 4. The summed E-state index contributed by atoms with van der Waals surface area (Å²) >= 11 is 5.32. The van der Waals surface area contributed by atoms with E-state index in [1.807, 2.05) is 0 Å². The summed E-state index contributed by atoms with van der Waals surface area (Å²) in [6.45, 7) is 0. The van der Waals surface area contributed by atoms with Gasteiger partial charge in [-0.15, -0.1) is 24.8 Å². The van der Waals surface area contributed by atoms with Crippen LogP contribution in [0.4, 0.5) is 13.2 Å². The zero-order chi connectivity index (χ0) is 13.2. The normalized spacial score (nSPS) is 11.3. The van der Waals surface area contributed by atoms with Crippen molar-refractivity contribution in [1.82, 2.24) is 4.98 Å². The molecule has 1 aromatic rings. The molecule has 0 aliphatic rings. The summed E-state index contributed by atoms with van der Waals surface area (Å²) in [6, 6.07) is 0.754. The zero-order valence-electron chi connectivity index (χ0n) is 7.95. The summed E-state index contributed by atoms with van der Waals surface area (Å²) in [5.74, 6) is -3.90. The fraction of sp³-hybridized carbons (Fsp3) is 0.250. The number of carbonyl (C=O) groups is 1. The predicted octanol–water partition coefficient (Wildman–Crippen LogP) is 2.12. The molecule has 1 aromatic heterocycles. The molecule has 0 fully saturated rings. The van der Waals surface area contributed by atoms with Crippen LogP contribution in [0.5, 0.6) is 11.6 Å². The molecule has 5 nitrogen and oxygen atoms in total. The van der Waals surface area contributed by atoms with E-state index in [0.717, 1.165) is 6.07 Å². The molecule has 0 aliphatic carbocycles. The smallest absolute Gasteiger partial charge is 0.505 e. The second-order valence-electron chi connectivity index (χ2n) is 2.81. The number of aromatic nitrogens is 1. The molecule has 0 saturated carbocycles. The molecular weight excluding hydrogens is 267 g/mol. The molecule has 0 spiro atoms. The lowest BCUT2D eigenvalue weighted by Crippen LogP contribution is -2.19. The summed E-state index contributed by atoms with van der Waals surface area (Å²) in [5.41, 5.74) is -1.22. The van der Waals surface area contributed by atoms with Gasteiger partial charge in [-0.3, -0.25) is 0 Å². The molecule has 9 heteroatoms. The quantitative estimate of drug-likeness (QED) is 0.823. The lowest BCUT2D eigenvalue weighted by Gasteiger charge is -2.12. The fourth-order valence-corrected chi connectivity index (χ4v) is 1.17. The highest BCUT2D eigenvalue weighted by atomic mass is 35.5. The molecule has 0 aliphatic heterocycles. The highest BCUT2D eigenvalue weighted by Crippen LogP contribution is 2.29. The number of aromatic carboxylic acids is 1. The summed E-state index contributed by atoms with van der Waals surface area (Å²) in [6.07, 6.45) is -5.03. The Bertz CT molecular complexity index is 449. The minimum absolute atomic E-state index is 0.272. The number of carboxylic acid groups (broad SMARTS) is 1. The lowest BCUT2D eigenvalue weighted by molar-refractivity contribution is -0.276. The van der Waals surface area contributed by atoms with E-state index in [4.69, 9.17) is 16.7 Å². The first-order chi connectivity index (χ1) is 7.74. The fourth-order valence-electron chi connectivity index (χ4n) is 0.977. The minimum Gasteiger partial charge on any atom is -0.505 e. The van der Waals surface area contributed by atoms with E-state index in [2.05, 4.69) is 9.72 Å². The van der Waals surface area contributed by atoms with Gasteiger partial charge >= 0.3 is 12.3 Å². The van der Waals surface area contributed by atoms with Crippen LogP contribution in [-0.2, 0) is 5.88 Å². The number of hydrogen-bond donors (Lipinski definition) is 2. The van der Waals surface area contributed by atoms with Gasteiger partial charge in [0.1, 0.15) is 5.75 Å². The van der Waals surface area contributed by atoms with E-state index in [9.17, 15) is 23.1 Å². The molecule has 0 unspecified atom stereocenters. The molecule has 94 valence electrons. The third-order valence-corrected chi connectivity index (χ3v) is 1.89. The molecule has 0 aromatic carbocycles. The molecule has 0 bridgehead atoms. The second-order valence-corrected chi connectivity index (χ2v) is 3.07. The maximum atomic E-state index is 12.0. The highest BCUT2D eigenvalue weighted by molar-refractivity contribution is 6.17. The Balaban J connectivity index is 3.26. The Labute approximate surface area is 97.4 Å². The van der Waals surface area contributed by atoms with Crippen LogP contribution in [-0.4, -0.2) is 27.5 Å². The van der Waals surface area contributed by atoms with Crippen LogP contribution in [0, 0.1) is 0 Å². The standard InChI is InChI=1S/C8H5ClF3NO4/c9-2-3-1-4(14)5(7(15)16)13-6(3)17-8(10,11)12/h1,14H,2H2,(H,15,16). The van der Waals surface area contributed by atoms with Crippen LogP contribution in [0.3, 0.4) is 0 Å². The van der Waals surface area contributed by atoms with Crippen molar-refractivity contribution in [3.63, 3.8) is 0 Å². The zero-order valence-corrected chi connectivity index (χ0v) is 8.71. The van der Waals surface area contributed by atoms with Crippen LogP contribution in [0.1, 0.15) is 16.1 Å². The Morgan fingerprint density at radius 3 is 2.53 bits per heavy atom. The van der Waals surface area contributed by atoms with Crippen molar-refractivity contribution in [2.75, 3.05) is 0 Å². The SMILES string of the molecule is O=C(O)c1nc(OC(F)(F)F)c(CCl)cc1O. The summed E-state index contributed by atoms with van der Waals surface area (Å²) in [5, 5.41) is 17.7. The molecule has 2 N–H and O–H groups in total. The lowest BCUT2D eigenvalue weighted by atomic mass is 10.2. The van der Waals surface area contributed by atoms with Gasteiger partial charge in [0.2, 0.25) is 5.88 Å². The van der Waals surface area contributed by atoms with Crippen molar-refractivity contribution in [3.05, 3.63) is 17.3 Å². The number of aromatic hydroxyl groups is 1. The Morgan fingerprint density at radius 2 is 2.12 bits per heavy atom. The van der Waals surface area contributed by atoms with Gasteiger partial charge in [0, 0.05) is 5.56 Å². The maximum absolute atomic E-state index is 12.0. The second kappa shape index (κ2) is 4.66. The van der Waals surface area contributed by atoms with E-state index in [-0.39, 0.29) is 5.56 Å². The highest BCUT2D eigenvalue weighted by Gasteiger charge is 2.33. The Hall–Kier alpha value is -1.70. The van der Waals surface area contributed by atoms with Gasteiger partial charge in [0.15, 0.2) is 5.69 Å². The van der Waals surface area contributed by atoms with E-state index in [0.29, 0.717) is 0 Å². The maximum Gasteiger partial charge on any atom is 0.574 e. The first-order valence-electron chi connectivity index (χ1n) is 4.02. The van der Waals surface area contributed by atoms with E-state index in [1.54, 1.807) is 0 Å². The minimum atomic E-state index is -5.03. The molecular formula is C8H5ClF3NO4.